The number of benzene rings is 1. The first-order valence-electron chi connectivity index (χ1n) is 8.05. The third-order valence-electron chi connectivity index (χ3n) is 3.11. The van der Waals surface area contributed by atoms with Gasteiger partial charge in [-0.15, -0.1) is 0 Å². The third-order valence-corrected chi connectivity index (χ3v) is 3.11. The van der Waals surface area contributed by atoms with Crippen molar-refractivity contribution in [3.63, 3.8) is 0 Å². The zero-order valence-corrected chi connectivity index (χ0v) is 15.9. The average Bonchev–Trinajstić information content (AvgIpc) is 2.57. The average molecular weight is 367 g/mol. The molecule has 0 aliphatic carbocycles. The summed E-state index contributed by atoms with van der Waals surface area (Å²) in [6.07, 6.45) is -0.899. The van der Waals surface area contributed by atoms with Gasteiger partial charge in [-0.3, -0.25) is 4.79 Å². The molecule has 0 saturated carbocycles. The summed E-state index contributed by atoms with van der Waals surface area (Å²) in [7, 11) is 2.89. The first kappa shape index (κ1) is 21.3. The lowest BCUT2D eigenvalue weighted by molar-refractivity contribution is -0.144. The molecule has 0 bridgehead atoms. The lowest BCUT2D eigenvalue weighted by atomic mass is 10.0. The Hall–Kier alpha value is -2.77. The number of methoxy groups -OCH3 is 2. The number of ether oxygens (including phenoxy) is 4. The SMILES string of the molecule is CCOC(=O)C(NC(=O)OC(C)(C)C)C(=O)c1ccc(OC)c(OC)c1. The maximum Gasteiger partial charge on any atom is 0.408 e. The van der Waals surface area contributed by atoms with Gasteiger partial charge in [0.1, 0.15) is 5.60 Å². The smallest absolute Gasteiger partial charge is 0.408 e. The van der Waals surface area contributed by atoms with E-state index in [0.717, 1.165) is 0 Å². The van der Waals surface area contributed by atoms with E-state index in [1.807, 2.05) is 0 Å². The second-order valence-electron chi connectivity index (χ2n) is 6.27. The van der Waals surface area contributed by atoms with Crippen molar-refractivity contribution in [3.8, 4) is 11.5 Å². The van der Waals surface area contributed by atoms with Crippen LogP contribution < -0.4 is 14.8 Å². The van der Waals surface area contributed by atoms with Gasteiger partial charge in [0.15, 0.2) is 23.3 Å². The molecule has 1 rings (SSSR count). The molecular formula is C18H25NO7. The topological polar surface area (TPSA) is 100 Å². The van der Waals surface area contributed by atoms with Crippen molar-refractivity contribution in [1.82, 2.24) is 5.32 Å². The molecule has 0 heterocycles. The Balaban J connectivity index is 3.11. The van der Waals surface area contributed by atoms with Crippen molar-refractivity contribution in [3.05, 3.63) is 23.8 Å². The minimum atomic E-state index is -1.54. The molecule has 0 aliphatic heterocycles. The standard InChI is InChI=1S/C18H25NO7/c1-7-25-16(21)14(19-17(22)26-18(2,3)4)15(20)11-8-9-12(23-5)13(10-11)24-6/h8-10,14H,7H2,1-6H3,(H,19,22). The Morgan fingerprint density at radius 1 is 1.08 bits per heavy atom. The van der Waals surface area contributed by atoms with Crippen molar-refractivity contribution in [2.75, 3.05) is 20.8 Å². The van der Waals surface area contributed by atoms with E-state index in [2.05, 4.69) is 5.32 Å². The quantitative estimate of drug-likeness (QED) is 0.448. The zero-order valence-electron chi connectivity index (χ0n) is 15.9. The molecule has 1 aromatic rings. The highest BCUT2D eigenvalue weighted by atomic mass is 16.6. The monoisotopic (exact) mass is 367 g/mol. The fourth-order valence-corrected chi connectivity index (χ4v) is 2.04. The van der Waals surface area contributed by atoms with E-state index in [1.165, 1.54) is 32.4 Å². The Morgan fingerprint density at radius 3 is 2.19 bits per heavy atom. The highest BCUT2D eigenvalue weighted by molar-refractivity contribution is 6.13. The summed E-state index contributed by atoms with van der Waals surface area (Å²) in [5.41, 5.74) is -0.632. The van der Waals surface area contributed by atoms with Gasteiger partial charge in [-0.1, -0.05) is 0 Å². The first-order valence-corrected chi connectivity index (χ1v) is 8.05. The fourth-order valence-electron chi connectivity index (χ4n) is 2.04. The van der Waals surface area contributed by atoms with Gasteiger partial charge in [-0.05, 0) is 45.9 Å². The minimum absolute atomic E-state index is 0.0601. The number of carbonyl (C=O) groups is 3. The van der Waals surface area contributed by atoms with E-state index >= 15 is 0 Å². The van der Waals surface area contributed by atoms with E-state index in [9.17, 15) is 14.4 Å². The van der Waals surface area contributed by atoms with Gasteiger partial charge in [-0.25, -0.2) is 9.59 Å². The highest BCUT2D eigenvalue weighted by Crippen LogP contribution is 2.28. The summed E-state index contributed by atoms with van der Waals surface area (Å²) in [5.74, 6) is -0.788. The summed E-state index contributed by atoms with van der Waals surface area (Å²) in [5, 5.41) is 2.27. The predicted octanol–water partition coefficient (Wildman–Crippen LogP) is 2.34. The number of hydrogen-bond acceptors (Lipinski definition) is 7. The van der Waals surface area contributed by atoms with E-state index in [-0.39, 0.29) is 12.2 Å². The number of esters is 1. The van der Waals surface area contributed by atoms with Gasteiger partial charge in [0.2, 0.25) is 0 Å². The fraction of sp³-hybridized carbons (Fsp3) is 0.500. The molecule has 144 valence electrons. The molecule has 1 N–H and O–H groups in total. The van der Waals surface area contributed by atoms with E-state index in [1.54, 1.807) is 27.7 Å². The summed E-state index contributed by atoms with van der Waals surface area (Å²) in [6, 6.07) is 2.88. The van der Waals surface area contributed by atoms with Crippen LogP contribution in [0.15, 0.2) is 18.2 Å². The van der Waals surface area contributed by atoms with Gasteiger partial charge in [0.25, 0.3) is 0 Å². The van der Waals surface area contributed by atoms with Crippen LogP contribution in [0, 0.1) is 0 Å². The minimum Gasteiger partial charge on any atom is -0.493 e. The molecule has 1 amide bonds. The van der Waals surface area contributed by atoms with Crippen LogP contribution in [0.2, 0.25) is 0 Å². The van der Waals surface area contributed by atoms with Gasteiger partial charge in [-0.2, -0.15) is 0 Å². The molecule has 26 heavy (non-hydrogen) atoms. The Kier molecular flexibility index (Phi) is 7.42. The van der Waals surface area contributed by atoms with Crippen LogP contribution in [0.25, 0.3) is 0 Å². The van der Waals surface area contributed by atoms with E-state index in [4.69, 9.17) is 18.9 Å². The van der Waals surface area contributed by atoms with Gasteiger partial charge in [0, 0.05) is 5.56 Å². The van der Waals surface area contributed by atoms with Crippen molar-refractivity contribution >= 4 is 17.8 Å². The lowest BCUT2D eigenvalue weighted by Crippen LogP contribution is -2.49. The summed E-state index contributed by atoms with van der Waals surface area (Å²) >= 11 is 0. The normalized spacial score (nSPS) is 11.9. The van der Waals surface area contributed by atoms with Crippen molar-refractivity contribution in [2.24, 2.45) is 0 Å². The Labute approximate surface area is 152 Å². The molecular weight excluding hydrogens is 342 g/mol. The number of rotatable bonds is 7. The zero-order chi connectivity index (χ0) is 19.9. The molecule has 0 spiro atoms. The van der Waals surface area contributed by atoms with Crippen molar-refractivity contribution < 1.29 is 33.3 Å². The number of amides is 1. The van der Waals surface area contributed by atoms with Crippen molar-refractivity contribution in [2.45, 2.75) is 39.3 Å². The molecule has 0 saturated heterocycles. The second-order valence-corrected chi connectivity index (χ2v) is 6.27. The summed E-state index contributed by atoms with van der Waals surface area (Å²) in [6.45, 7) is 6.67. The molecule has 0 radical (unpaired) electrons. The molecule has 0 aliphatic rings. The highest BCUT2D eigenvalue weighted by Gasteiger charge is 2.32. The second kappa shape index (κ2) is 9.07. The number of carbonyl (C=O) groups excluding carboxylic acids is 3. The van der Waals surface area contributed by atoms with E-state index in [0.29, 0.717) is 11.5 Å². The first-order chi connectivity index (χ1) is 12.1. The maximum absolute atomic E-state index is 12.8. The van der Waals surface area contributed by atoms with Crippen LogP contribution in [0.5, 0.6) is 11.5 Å². The summed E-state index contributed by atoms with van der Waals surface area (Å²) in [4.78, 5) is 36.9. The maximum atomic E-state index is 12.8. The van der Waals surface area contributed by atoms with Gasteiger partial charge >= 0.3 is 12.1 Å². The lowest BCUT2D eigenvalue weighted by Gasteiger charge is -2.22. The molecule has 8 nitrogen and oxygen atoms in total. The number of alkyl carbamates (subject to hydrolysis) is 1. The van der Waals surface area contributed by atoms with Crippen LogP contribution in [0.1, 0.15) is 38.1 Å². The third kappa shape index (κ3) is 5.94. The number of Topliss-reactive ketones (excluding diaryl/α,β-unsaturated/α-hetero) is 1. The van der Waals surface area contributed by atoms with Gasteiger partial charge < -0.3 is 24.3 Å². The number of nitrogens with one attached hydrogen (secondary N) is 1. The molecule has 0 aromatic heterocycles. The number of hydrogen-bond donors (Lipinski definition) is 1. The van der Waals surface area contributed by atoms with Crippen molar-refractivity contribution in [1.29, 1.82) is 0 Å². The molecule has 1 atom stereocenters. The van der Waals surface area contributed by atoms with Crippen LogP contribution in [-0.4, -0.2) is 50.3 Å². The summed E-state index contributed by atoms with van der Waals surface area (Å²) < 4.78 is 20.3. The largest absolute Gasteiger partial charge is 0.493 e. The Bertz CT molecular complexity index is 664. The Morgan fingerprint density at radius 2 is 1.69 bits per heavy atom. The number of ketones is 1. The van der Waals surface area contributed by atoms with E-state index < -0.39 is 29.5 Å². The molecule has 8 heteroatoms. The molecule has 1 aromatic carbocycles. The molecule has 1 unspecified atom stereocenters. The van der Waals surface area contributed by atoms with Crippen LogP contribution in [0.3, 0.4) is 0 Å². The van der Waals surface area contributed by atoms with Crippen LogP contribution in [0.4, 0.5) is 4.79 Å². The van der Waals surface area contributed by atoms with Gasteiger partial charge in [0.05, 0.1) is 20.8 Å². The van der Waals surface area contributed by atoms with Crippen LogP contribution >= 0.6 is 0 Å². The predicted molar refractivity (Wildman–Crippen MR) is 93.7 cm³/mol. The van der Waals surface area contributed by atoms with Crippen LogP contribution in [-0.2, 0) is 14.3 Å². The molecule has 0 fully saturated rings.